The van der Waals surface area contributed by atoms with Crippen molar-refractivity contribution in [3.63, 3.8) is 0 Å². The molecule has 1 aliphatic rings. The first-order valence-corrected chi connectivity index (χ1v) is 7.23. The molecule has 1 aromatic rings. The van der Waals surface area contributed by atoms with Gasteiger partial charge in [0, 0.05) is 6.20 Å². The third-order valence-corrected chi connectivity index (χ3v) is 3.38. The quantitative estimate of drug-likeness (QED) is 0.303. The average Bonchev–Trinajstić information content (AvgIpc) is 2.65. The van der Waals surface area contributed by atoms with Crippen molar-refractivity contribution in [2.24, 2.45) is 0 Å². The van der Waals surface area contributed by atoms with Crippen LogP contribution in [0.2, 0.25) is 0 Å². The predicted molar refractivity (Wildman–Crippen MR) is 64.6 cm³/mol. The number of rotatable bonds is 4. The number of anilines is 1. The van der Waals surface area contributed by atoms with Gasteiger partial charge in [0.15, 0.2) is 6.23 Å². The van der Waals surface area contributed by atoms with Gasteiger partial charge < -0.3 is 35.0 Å². The Bertz CT molecular complexity index is 621. The van der Waals surface area contributed by atoms with Gasteiger partial charge in [-0.3, -0.25) is 9.13 Å². The van der Waals surface area contributed by atoms with Crippen LogP contribution in [-0.2, 0) is 13.8 Å². The number of nitrogens with zero attached hydrogens (tertiary/aromatic N) is 2. The van der Waals surface area contributed by atoms with Crippen LogP contribution in [0.1, 0.15) is 6.23 Å². The first kappa shape index (κ1) is 19.7. The van der Waals surface area contributed by atoms with Gasteiger partial charge in [-0.25, -0.2) is 4.79 Å². The van der Waals surface area contributed by atoms with Crippen molar-refractivity contribution < 1.29 is 63.4 Å². The third kappa shape index (κ3) is 4.36. The number of phosphoric acid groups is 1. The first-order chi connectivity index (χ1) is 9.73. The second-order valence-corrected chi connectivity index (χ2v) is 5.47. The summed E-state index contributed by atoms with van der Waals surface area (Å²) >= 11 is 0. The Kier molecular flexibility index (Phi) is 6.72. The van der Waals surface area contributed by atoms with Gasteiger partial charge in [-0.15, -0.1) is 0 Å². The zero-order valence-corrected chi connectivity index (χ0v) is 14.4. The van der Waals surface area contributed by atoms with Crippen molar-refractivity contribution in [2.45, 2.75) is 24.5 Å². The van der Waals surface area contributed by atoms with E-state index in [1.165, 1.54) is 6.07 Å². The normalized spacial score (nSPS) is 30.5. The molecule has 1 unspecified atom stereocenters. The molecule has 0 aromatic carbocycles. The van der Waals surface area contributed by atoms with Gasteiger partial charge in [0.2, 0.25) is 0 Å². The van der Waals surface area contributed by atoms with Crippen molar-refractivity contribution >= 4 is 13.6 Å². The standard InChI is InChI=1S/C9H14N3O8P.Na/c10-5-1-2-12(9(15)11-5)8-7(20-21(16,17)18)6(14)4(3-13)19-8;/h1-2,4,6-8,13-14H,3H2,(H2,10,11,15)(H2,16,17,18);/q;+1/p-1/t4-,6-,7-,8-;/m1./s1. The van der Waals surface area contributed by atoms with Crippen LogP contribution in [0.15, 0.2) is 17.1 Å². The molecule has 0 amide bonds. The fraction of sp³-hybridized carbons (Fsp3) is 0.556. The minimum absolute atomic E-state index is 0. The number of aliphatic hydroxyl groups excluding tert-OH is 2. The maximum absolute atomic E-state index is 11.7. The van der Waals surface area contributed by atoms with Crippen molar-refractivity contribution in [1.29, 1.82) is 0 Å². The van der Waals surface area contributed by atoms with Gasteiger partial charge in [-0.2, -0.15) is 4.98 Å². The Hall–Kier alpha value is -0.330. The molecule has 2 rings (SSSR count). The van der Waals surface area contributed by atoms with E-state index in [0.29, 0.717) is 0 Å². The van der Waals surface area contributed by atoms with E-state index in [1.54, 1.807) is 0 Å². The molecule has 0 aliphatic carbocycles. The Morgan fingerprint density at radius 3 is 2.73 bits per heavy atom. The molecule has 0 radical (unpaired) electrons. The Labute approximate surface area is 146 Å². The Morgan fingerprint density at radius 2 is 2.23 bits per heavy atom. The summed E-state index contributed by atoms with van der Waals surface area (Å²) in [5.41, 5.74) is 4.45. The summed E-state index contributed by atoms with van der Waals surface area (Å²) in [4.78, 5) is 34.8. The number of hydrogen-bond donors (Lipinski definition) is 4. The maximum Gasteiger partial charge on any atom is 1.00 e. The van der Waals surface area contributed by atoms with Crippen LogP contribution in [0, 0.1) is 0 Å². The fourth-order valence-electron chi connectivity index (χ4n) is 1.98. The first-order valence-electron chi connectivity index (χ1n) is 5.74. The summed E-state index contributed by atoms with van der Waals surface area (Å²) in [6.07, 6.45) is -4.66. The third-order valence-electron chi connectivity index (χ3n) is 2.87. The van der Waals surface area contributed by atoms with Gasteiger partial charge in [0.1, 0.15) is 24.1 Å². The number of hydrogen-bond acceptors (Lipinski definition) is 9. The molecule has 2 heterocycles. The van der Waals surface area contributed by atoms with Crippen LogP contribution in [0.4, 0.5) is 5.82 Å². The fourth-order valence-corrected chi connectivity index (χ4v) is 2.52. The van der Waals surface area contributed by atoms with Crippen molar-refractivity contribution in [3.8, 4) is 0 Å². The Balaban J connectivity index is 0.00000242. The summed E-state index contributed by atoms with van der Waals surface area (Å²) in [5, 5.41) is 18.9. The molecule has 118 valence electrons. The molecule has 13 heteroatoms. The number of aromatic nitrogens is 2. The van der Waals surface area contributed by atoms with Crippen LogP contribution in [0.3, 0.4) is 0 Å². The molecule has 11 nitrogen and oxygen atoms in total. The van der Waals surface area contributed by atoms with Crippen LogP contribution in [-0.4, -0.2) is 49.6 Å². The largest absolute Gasteiger partial charge is 1.00 e. The van der Waals surface area contributed by atoms with Gasteiger partial charge in [-0.1, -0.05) is 0 Å². The number of nitrogens with two attached hydrogens (primary N) is 1. The number of aliphatic hydroxyl groups is 2. The van der Waals surface area contributed by atoms with Crippen molar-refractivity contribution in [1.82, 2.24) is 9.55 Å². The minimum Gasteiger partial charge on any atom is -0.756 e. The van der Waals surface area contributed by atoms with E-state index in [9.17, 15) is 19.4 Å². The van der Waals surface area contributed by atoms with Crippen LogP contribution in [0.5, 0.6) is 0 Å². The van der Waals surface area contributed by atoms with Gasteiger partial charge >= 0.3 is 35.2 Å². The van der Waals surface area contributed by atoms with Crippen molar-refractivity contribution in [3.05, 3.63) is 22.7 Å². The molecule has 1 saturated heterocycles. The van der Waals surface area contributed by atoms with Gasteiger partial charge in [0.05, 0.1) is 6.61 Å². The monoisotopic (exact) mass is 345 g/mol. The molecular formula is C9H13N3NaO8P. The number of nitrogen functional groups attached to an aromatic ring is 1. The molecule has 22 heavy (non-hydrogen) atoms. The second-order valence-electron chi connectivity index (χ2n) is 4.32. The van der Waals surface area contributed by atoms with Crippen LogP contribution in [0.25, 0.3) is 0 Å². The molecule has 0 saturated carbocycles. The van der Waals surface area contributed by atoms with Crippen LogP contribution < -0.4 is 45.9 Å². The summed E-state index contributed by atoms with van der Waals surface area (Å²) in [5.74, 6) is -0.0670. The topological polar surface area (TPSA) is 180 Å². The summed E-state index contributed by atoms with van der Waals surface area (Å²) in [6.45, 7) is -0.650. The number of ether oxygens (including phenoxy) is 1. The van der Waals surface area contributed by atoms with E-state index in [0.717, 1.165) is 10.8 Å². The maximum atomic E-state index is 11.7. The smallest absolute Gasteiger partial charge is 0.756 e. The van der Waals surface area contributed by atoms with E-state index < -0.39 is 44.7 Å². The van der Waals surface area contributed by atoms with Crippen molar-refractivity contribution in [2.75, 3.05) is 12.3 Å². The zero-order valence-electron chi connectivity index (χ0n) is 11.5. The molecule has 1 fully saturated rings. The number of phosphoric ester groups is 1. The second kappa shape index (κ2) is 7.49. The van der Waals surface area contributed by atoms with E-state index in [4.69, 9.17) is 20.5 Å². The van der Waals surface area contributed by atoms with E-state index >= 15 is 0 Å². The molecule has 5 atom stereocenters. The van der Waals surface area contributed by atoms with Crippen LogP contribution >= 0.6 is 7.82 Å². The van der Waals surface area contributed by atoms with E-state index in [1.807, 2.05) is 0 Å². The molecular weight excluding hydrogens is 332 g/mol. The molecule has 0 bridgehead atoms. The molecule has 1 aliphatic heterocycles. The average molecular weight is 345 g/mol. The Morgan fingerprint density at radius 1 is 1.59 bits per heavy atom. The van der Waals surface area contributed by atoms with E-state index in [2.05, 4.69) is 9.51 Å². The summed E-state index contributed by atoms with van der Waals surface area (Å²) < 4.78 is 21.2. The zero-order chi connectivity index (χ0) is 15.8. The van der Waals surface area contributed by atoms with E-state index in [-0.39, 0.29) is 35.4 Å². The molecule has 1 aromatic heterocycles. The molecule has 0 spiro atoms. The van der Waals surface area contributed by atoms with Gasteiger partial charge in [0.25, 0.3) is 7.82 Å². The minimum atomic E-state index is -5.20. The summed E-state index contributed by atoms with van der Waals surface area (Å²) in [7, 11) is -5.20. The SMILES string of the molecule is Nc1ccn([C@@H]2O[C@H](CO)[C@@H](O)[C@H]2OP(=O)([O-])O)c(=O)n1.[Na+]. The summed E-state index contributed by atoms with van der Waals surface area (Å²) in [6, 6.07) is 1.25. The molecule has 5 N–H and O–H groups in total. The predicted octanol–water partition coefficient (Wildman–Crippen LogP) is -6.07. The van der Waals surface area contributed by atoms with Gasteiger partial charge in [-0.05, 0) is 6.07 Å².